The average Bonchev–Trinajstić information content (AvgIpc) is 3.16. The second-order valence-electron chi connectivity index (χ2n) is 17.8. The second kappa shape index (κ2) is 40.4. The molecule has 0 aliphatic carbocycles. The molecule has 0 radical (unpaired) electrons. The van der Waals surface area contributed by atoms with E-state index in [1.165, 1.54) is 148 Å². The number of quaternary nitrogens is 1. The molecule has 0 saturated heterocycles. The fourth-order valence-corrected chi connectivity index (χ4v) is 7.79. The summed E-state index contributed by atoms with van der Waals surface area (Å²) in [7, 11) is 1.30. The third-order valence-corrected chi connectivity index (χ3v) is 11.9. The number of hydrogen-bond donors (Lipinski definition) is 2. The summed E-state index contributed by atoms with van der Waals surface area (Å²) < 4.78 is 23.3. The molecule has 338 valence electrons. The summed E-state index contributed by atoms with van der Waals surface area (Å²) in [5, 5.41) is 13.9. The third-order valence-electron chi connectivity index (χ3n) is 10.9. The molecule has 0 aliphatic heterocycles. The topological polar surface area (TPSA) is 108 Å². The molecule has 9 heteroatoms. The molecule has 57 heavy (non-hydrogen) atoms. The van der Waals surface area contributed by atoms with Crippen molar-refractivity contribution in [2.75, 3.05) is 40.9 Å². The van der Waals surface area contributed by atoms with Gasteiger partial charge < -0.3 is 28.8 Å². The number of likely N-dealkylation sites (N-methyl/N-ethyl adjacent to an activating group) is 1. The van der Waals surface area contributed by atoms with E-state index in [9.17, 15) is 19.4 Å². The number of aliphatic hydroxyl groups is 1. The van der Waals surface area contributed by atoms with Gasteiger partial charge in [-0.25, -0.2) is 0 Å². The van der Waals surface area contributed by atoms with Crippen molar-refractivity contribution in [3.63, 3.8) is 0 Å². The van der Waals surface area contributed by atoms with Crippen molar-refractivity contribution in [3.05, 3.63) is 24.3 Å². The van der Waals surface area contributed by atoms with E-state index >= 15 is 0 Å². The predicted molar refractivity (Wildman–Crippen MR) is 242 cm³/mol. The van der Waals surface area contributed by atoms with Crippen LogP contribution in [-0.4, -0.2) is 68.5 Å². The van der Waals surface area contributed by atoms with Crippen LogP contribution in [0.25, 0.3) is 0 Å². The molecule has 0 spiro atoms. The molecule has 0 aliphatic rings. The minimum atomic E-state index is -4.57. The first-order chi connectivity index (χ1) is 27.5. The summed E-state index contributed by atoms with van der Waals surface area (Å²) in [6, 6.07) is -0.802. The lowest BCUT2D eigenvalue weighted by Crippen LogP contribution is -2.46. The monoisotopic (exact) mass is 827 g/mol. The van der Waals surface area contributed by atoms with Gasteiger partial charge in [-0.2, -0.15) is 0 Å². The molecular weight excluding hydrogens is 732 g/mol. The number of amides is 1. The molecule has 0 saturated carbocycles. The van der Waals surface area contributed by atoms with Crippen molar-refractivity contribution in [3.8, 4) is 0 Å². The van der Waals surface area contributed by atoms with Gasteiger partial charge in [0.25, 0.3) is 7.82 Å². The van der Waals surface area contributed by atoms with Gasteiger partial charge in [-0.15, -0.1) is 0 Å². The zero-order chi connectivity index (χ0) is 42.1. The van der Waals surface area contributed by atoms with Crippen molar-refractivity contribution in [1.82, 2.24) is 5.32 Å². The highest BCUT2D eigenvalue weighted by atomic mass is 31.2. The maximum absolute atomic E-state index is 12.9. The molecule has 0 aromatic rings. The summed E-state index contributed by atoms with van der Waals surface area (Å²) in [5.41, 5.74) is 0. The Morgan fingerprint density at radius 2 is 1.02 bits per heavy atom. The standard InChI is InChI=1S/C48H95N2O6P/c1-6-8-10-12-14-16-18-20-22-24-26-28-30-32-34-36-38-40-42-48(52)49-46(45-56-57(53,54)55-44-43-50(3,4)5)47(51)41-39-37-35-33-31-29-27-25-23-21-19-17-15-13-11-9-7-2/h16,18,22,24,46-47,51H,6-15,17,19-21,23,25-45H2,1-5H3,(H-,49,52,53,54)/b18-16-,24-22-. The van der Waals surface area contributed by atoms with E-state index in [1.54, 1.807) is 0 Å². The Labute approximate surface area is 354 Å². The molecule has 0 rings (SSSR count). The van der Waals surface area contributed by atoms with Crippen LogP contribution in [0.2, 0.25) is 0 Å². The molecule has 0 fully saturated rings. The average molecular weight is 827 g/mol. The van der Waals surface area contributed by atoms with E-state index in [0.717, 1.165) is 51.4 Å². The molecule has 0 aromatic carbocycles. The summed E-state index contributed by atoms with van der Waals surface area (Å²) in [4.78, 5) is 25.4. The van der Waals surface area contributed by atoms with Crippen LogP contribution in [0.15, 0.2) is 24.3 Å². The Morgan fingerprint density at radius 1 is 0.614 bits per heavy atom. The van der Waals surface area contributed by atoms with E-state index in [0.29, 0.717) is 23.9 Å². The summed E-state index contributed by atoms with van der Waals surface area (Å²) >= 11 is 0. The Morgan fingerprint density at radius 3 is 1.47 bits per heavy atom. The maximum Gasteiger partial charge on any atom is 0.268 e. The van der Waals surface area contributed by atoms with Gasteiger partial charge in [0.2, 0.25) is 5.91 Å². The third kappa shape index (κ3) is 42.9. The number of carbonyl (C=O) groups is 1. The van der Waals surface area contributed by atoms with Gasteiger partial charge in [0.05, 0.1) is 39.9 Å². The molecule has 2 N–H and O–H groups in total. The number of carbonyl (C=O) groups excluding carboxylic acids is 1. The van der Waals surface area contributed by atoms with Crippen LogP contribution in [0, 0.1) is 0 Å². The second-order valence-corrected chi connectivity index (χ2v) is 19.2. The number of nitrogens with zero attached hydrogens (tertiary/aromatic N) is 1. The fourth-order valence-electron chi connectivity index (χ4n) is 7.07. The number of phosphoric acid groups is 1. The first-order valence-electron chi connectivity index (χ1n) is 24.2. The lowest BCUT2D eigenvalue weighted by Gasteiger charge is -2.30. The molecule has 3 unspecified atom stereocenters. The predicted octanol–water partition coefficient (Wildman–Crippen LogP) is 13.1. The van der Waals surface area contributed by atoms with Crippen molar-refractivity contribution in [2.24, 2.45) is 0 Å². The number of hydrogen-bond acceptors (Lipinski definition) is 6. The first-order valence-corrected chi connectivity index (χ1v) is 25.6. The van der Waals surface area contributed by atoms with Crippen molar-refractivity contribution in [2.45, 2.75) is 238 Å². The lowest BCUT2D eigenvalue weighted by molar-refractivity contribution is -0.870. The highest BCUT2D eigenvalue weighted by Crippen LogP contribution is 2.38. The number of nitrogens with one attached hydrogen (secondary N) is 1. The molecule has 8 nitrogen and oxygen atoms in total. The summed E-state index contributed by atoms with van der Waals surface area (Å²) in [5.74, 6) is -0.171. The van der Waals surface area contributed by atoms with Gasteiger partial charge >= 0.3 is 0 Å². The Kier molecular flexibility index (Phi) is 39.7. The quantitative estimate of drug-likeness (QED) is 0.0274. The zero-order valence-corrected chi connectivity index (χ0v) is 39.2. The molecule has 1 amide bonds. The minimum Gasteiger partial charge on any atom is -0.756 e. The van der Waals surface area contributed by atoms with Gasteiger partial charge in [-0.1, -0.05) is 199 Å². The van der Waals surface area contributed by atoms with Gasteiger partial charge in [0.15, 0.2) is 0 Å². The maximum atomic E-state index is 12.9. The van der Waals surface area contributed by atoms with E-state index in [2.05, 4.69) is 43.5 Å². The van der Waals surface area contributed by atoms with E-state index in [4.69, 9.17) is 9.05 Å². The highest BCUT2D eigenvalue weighted by Gasteiger charge is 2.24. The Balaban J connectivity index is 4.32. The van der Waals surface area contributed by atoms with Crippen LogP contribution < -0.4 is 10.2 Å². The number of unbranched alkanes of at least 4 members (excludes halogenated alkanes) is 27. The molecular formula is C48H95N2O6P. The highest BCUT2D eigenvalue weighted by molar-refractivity contribution is 7.45. The number of rotatable bonds is 44. The van der Waals surface area contributed by atoms with Crippen LogP contribution in [0.4, 0.5) is 0 Å². The Hall–Kier alpha value is -1.02. The van der Waals surface area contributed by atoms with Crippen molar-refractivity contribution < 1.29 is 32.9 Å². The summed E-state index contributed by atoms with van der Waals surface area (Å²) in [6.07, 6.45) is 47.5. The van der Waals surface area contributed by atoms with Crippen LogP contribution in [0.3, 0.4) is 0 Å². The van der Waals surface area contributed by atoms with E-state index in [-0.39, 0.29) is 19.1 Å². The van der Waals surface area contributed by atoms with Crippen LogP contribution in [0.1, 0.15) is 226 Å². The molecule has 0 bridgehead atoms. The Bertz CT molecular complexity index is 984. The molecule has 0 heterocycles. The van der Waals surface area contributed by atoms with Crippen molar-refractivity contribution in [1.29, 1.82) is 0 Å². The van der Waals surface area contributed by atoms with Crippen LogP contribution in [-0.2, 0) is 18.4 Å². The normalized spacial score (nSPS) is 14.4. The fraction of sp³-hybridized carbons (Fsp3) is 0.896. The minimum absolute atomic E-state index is 0.0112. The van der Waals surface area contributed by atoms with Crippen molar-refractivity contribution >= 4 is 13.7 Å². The first kappa shape index (κ1) is 56.0. The number of allylic oxidation sites excluding steroid dienone is 4. The smallest absolute Gasteiger partial charge is 0.268 e. The number of aliphatic hydroxyl groups excluding tert-OH is 1. The van der Waals surface area contributed by atoms with Crippen LogP contribution >= 0.6 is 7.82 Å². The van der Waals surface area contributed by atoms with E-state index < -0.39 is 20.0 Å². The SMILES string of the molecule is CCCCCC/C=C\C/C=C\CCCCCCCCCC(=O)NC(COP(=O)([O-])OCC[N+](C)(C)C)C(O)CCCCCCCCCCCCCCCCCCC. The lowest BCUT2D eigenvalue weighted by atomic mass is 10.0. The van der Waals surface area contributed by atoms with Gasteiger partial charge in [0, 0.05) is 6.42 Å². The number of phosphoric ester groups is 1. The van der Waals surface area contributed by atoms with Crippen LogP contribution in [0.5, 0.6) is 0 Å². The van der Waals surface area contributed by atoms with E-state index in [1.807, 2.05) is 21.1 Å². The van der Waals surface area contributed by atoms with Gasteiger partial charge in [0.1, 0.15) is 13.2 Å². The summed E-state index contributed by atoms with van der Waals surface area (Å²) in [6.45, 7) is 4.71. The molecule has 0 aromatic heterocycles. The largest absolute Gasteiger partial charge is 0.756 e. The molecule has 3 atom stereocenters. The zero-order valence-electron chi connectivity index (χ0n) is 38.3. The van der Waals surface area contributed by atoms with Gasteiger partial charge in [-0.05, 0) is 44.9 Å². The van der Waals surface area contributed by atoms with Gasteiger partial charge in [-0.3, -0.25) is 9.36 Å².